The molecule has 3 aromatic rings. The first-order valence-electron chi connectivity index (χ1n) is 11.2. The van der Waals surface area contributed by atoms with Gasteiger partial charge in [0.1, 0.15) is 0 Å². The van der Waals surface area contributed by atoms with Crippen molar-refractivity contribution in [3.8, 4) is 22.4 Å². The lowest BCUT2D eigenvalue weighted by molar-refractivity contribution is 0.268. The molecule has 1 fully saturated rings. The normalized spacial score (nSPS) is 18.1. The van der Waals surface area contributed by atoms with E-state index >= 15 is 0 Å². The first-order chi connectivity index (χ1) is 14.4. The maximum Gasteiger partial charge on any atom is 0.0784 e. The Morgan fingerprint density at radius 1 is 1.00 bits per heavy atom. The summed E-state index contributed by atoms with van der Waals surface area (Å²) in [5, 5.41) is 4.74. The molecule has 1 saturated carbocycles. The van der Waals surface area contributed by atoms with Gasteiger partial charge in [-0.05, 0) is 68.0 Å². The van der Waals surface area contributed by atoms with Crippen molar-refractivity contribution in [2.45, 2.75) is 66.1 Å². The summed E-state index contributed by atoms with van der Waals surface area (Å²) in [7, 11) is 2.18. The van der Waals surface area contributed by atoms with E-state index in [4.69, 9.17) is 10.1 Å². The Bertz CT molecular complexity index is 1090. The van der Waals surface area contributed by atoms with Crippen LogP contribution < -0.4 is 0 Å². The van der Waals surface area contributed by atoms with Gasteiger partial charge in [0.25, 0.3) is 0 Å². The molecule has 3 heterocycles. The van der Waals surface area contributed by atoms with E-state index in [1.807, 2.05) is 6.20 Å². The number of nitrogens with zero attached hydrogens (tertiary/aromatic N) is 4. The van der Waals surface area contributed by atoms with Gasteiger partial charge in [-0.2, -0.15) is 5.10 Å². The third-order valence-electron chi connectivity index (χ3n) is 7.13. The first kappa shape index (κ1) is 19.5. The zero-order chi connectivity index (χ0) is 20.9. The van der Waals surface area contributed by atoms with Crippen molar-refractivity contribution in [3.63, 3.8) is 0 Å². The summed E-state index contributed by atoms with van der Waals surface area (Å²) >= 11 is 0. The quantitative estimate of drug-likeness (QED) is 0.559. The molecule has 1 aliphatic heterocycles. The molecule has 0 saturated heterocycles. The number of hydrogen-bond acceptors (Lipinski definition) is 3. The van der Waals surface area contributed by atoms with Gasteiger partial charge in [-0.1, -0.05) is 31.9 Å². The highest BCUT2D eigenvalue weighted by Gasteiger charge is 2.29. The molecule has 1 aliphatic carbocycles. The Hall–Kier alpha value is -2.46. The zero-order valence-corrected chi connectivity index (χ0v) is 18.7. The Balaban J connectivity index is 1.53. The van der Waals surface area contributed by atoms with Gasteiger partial charge in [0.15, 0.2) is 0 Å². The highest BCUT2D eigenvalue weighted by Crippen LogP contribution is 2.39. The maximum atomic E-state index is 5.04. The monoisotopic (exact) mass is 400 g/mol. The Morgan fingerprint density at radius 2 is 1.77 bits per heavy atom. The Morgan fingerprint density at radius 3 is 2.57 bits per heavy atom. The number of pyridine rings is 1. The van der Waals surface area contributed by atoms with Crippen LogP contribution in [0.5, 0.6) is 0 Å². The third-order valence-corrected chi connectivity index (χ3v) is 7.13. The zero-order valence-electron chi connectivity index (χ0n) is 18.7. The minimum Gasteiger partial charge on any atom is -0.298 e. The van der Waals surface area contributed by atoms with Crippen molar-refractivity contribution in [2.75, 3.05) is 7.05 Å². The van der Waals surface area contributed by atoms with Crippen LogP contribution in [-0.2, 0) is 19.6 Å². The second kappa shape index (κ2) is 7.35. The molecular weight excluding hydrogens is 368 g/mol. The molecule has 0 atom stereocenters. The van der Waals surface area contributed by atoms with E-state index in [1.54, 1.807) is 0 Å². The predicted octanol–water partition coefficient (Wildman–Crippen LogP) is 5.75. The van der Waals surface area contributed by atoms with Gasteiger partial charge in [0.05, 0.1) is 11.9 Å². The van der Waals surface area contributed by atoms with Gasteiger partial charge in [-0.15, -0.1) is 0 Å². The number of fused-ring (bicyclic) bond motifs is 1. The van der Waals surface area contributed by atoms with E-state index < -0.39 is 0 Å². The summed E-state index contributed by atoms with van der Waals surface area (Å²) in [6.07, 6.45) is 9.56. The molecule has 156 valence electrons. The van der Waals surface area contributed by atoms with Crippen LogP contribution in [0.25, 0.3) is 22.4 Å². The molecule has 2 aliphatic rings. The average molecular weight is 401 g/mol. The minimum atomic E-state index is 0.388. The van der Waals surface area contributed by atoms with Crippen LogP contribution in [0.1, 0.15) is 55.0 Å². The van der Waals surface area contributed by atoms with Gasteiger partial charge in [-0.25, -0.2) is 0 Å². The fourth-order valence-electron chi connectivity index (χ4n) is 5.22. The van der Waals surface area contributed by atoms with E-state index in [0.717, 1.165) is 31.0 Å². The highest BCUT2D eigenvalue weighted by molar-refractivity contribution is 5.81. The first-order valence-corrected chi connectivity index (χ1v) is 11.2. The fourth-order valence-corrected chi connectivity index (χ4v) is 5.22. The summed E-state index contributed by atoms with van der Waals surface area (Å²) < 4.78 is 2.15. The van der Waals surface area contributed by atoms with E-state index in [0.29, 0.717) is 5.41 Å². The summed E-state index contributed by atoms with van der Waals surface area (Å²) in [5.41, 5.74) is 10.2. The number of benzene rings is 1. The van der Waals surface area contributed by atoms with Gasteiger partial charge in [-0.3, -0.25) is 14.6 Å². The molecule has 4 nitrogen and oxygen atoms in total. The van der Waals surface area contributed by atoms with Gasteiger partial charge < -0.3 is 0 Å². The molecule has 2 aromatic heterocycles. The van der Waals surface area contributed by atoms with E-state index in [-0.39, 0.29) is 0 Å². The number of aromatic nitrogens is 3. The molecule has 0 bridgehead atoms. The fraction of sp³-hybridized carbons (Fsp3) is 0.462. The molecule has 1 aromatic carbocycles. The van der Waals surface area contributed by atoms with Crippen LogP contribution in [0.4, 0.5) is 0 Å². The lowest BCUT2D eigenvalue weighted by atomic mass is 9.89. The summed E-state index contributed by atoms with van der Waals surface area (Å²) in [6, 6.07) is 9.14. The lowest BCUT2D eigenvalue weighted by Gasteiger charge is -2.23. The van der Waals surface area contributed by atoms with Crippen LogP contribution >= 0.6 is 0 Å². The van der Waals surface area contributed by atoms with Crippen molar-refractivity contribution in [1.29, 1.82) is 0 Å². The molecule has 5 rings (SSSR count). The van der Waals surface area contributed by atoms with Gasteiger partial charge >= 0.3 is 0 Å². The van der Waals surface area contributed by atoms with E-state index in [1.165, 1.54) is 59.1 Å². The third kappa shape index (κ3) is 3.58. The number of rotatable bonds is 4. The Kier molecular flexibility index (Phi) is 4.78. The van der Waals surface area contributed by atoms with Gasteiger partial charge in [0, 0.05) is 48.2 Å². The molecule has 30 heavy (non-hydrogen) atoms. The second-order valence-electron chi connectivity index (χ2n) is 9.89. The topological polar surface area (TPSA) is 34.0 Å². The summed E-state index contributed by atoms with van der Waals surface area (Å²) in [6.45, 7) is 9.72. The van der Waals surface area contributed by atoms with Crippen LogP contribution in [0, 0.1) is 19.3 Å². The van der Waals surface area contributed by atoms with Crippen LogP contribution in [0.3, 0.4) is 0 Å². The summed E-state index contributed by atoms with van der Waals surface area (Å²) in [5.74, 6) is 0. The maximum absolute atomic E-state index is 5.04. The van der Waals surface area contributed by atoms with Crippen LogP contribution in [0.15, 0.2) is 36.7 Å². The minimum absolute atomic E-state index is 0.388. The molecule has 0 radical (unpaired) electrons. The van der Waals surface area contributed by atoms with Crippen molar-refractivity contribution in [1.82, 2.24) is 19.7 Å². The van der Waals surface area contributed by atoms with Crippen LogP contribution in [-0.4, -0.2) is 26.7 Å². The number of aryl methyl sites for hydroxylation is 2. The molecule has 0 unspecified atom stereocenters. The Labute approximate surface area is 179 Å². The standard InChI is InChI=1S/C26H32N4/c1-18-11-24(23-13-27-30(16-23)17-26(3)9-5-6-10-26)25(28-19(18)2)20-7-8-21-14-29(4)15-22(21)12-20/h7-8,11-13,16H,5-6,9-10,14-15,17H2,1-4H3. The molecule has 4 heteroatoms. The second-order valence-corrected chi connectivity index (χ2v) is 9.89. The smallest absolute Gasteiger partial charge is 0.0784 e. The largest absolute Gasteiger partial charge is 0.298 e. The van der Waals surface area contributed by atoms with Crippen molar-refractivity contribution in [2.24, 2.45) is 5.41 Å². The molecular formula is C26H32N4. The highest BCUT2D eigenvalue weighted by atomic mass is 15.3. The van der Waals surface area contributed by atoms with Crippen molar-refractivity contribution in [3.05, 3.63) is 59.0 Å². The number of hydrogen-bond donors (Lipinski definition) is 0. The molecule has 0 amide bonds. The average Bonchev–Trinajstić information content (AvgIpc) is 3.42. The molecule has 0 N–H and O–H groups in total. The molecule has 0 spiro atoms. The summed E-state index contributed by atoms with van der Waals surface area (Å²) in [4.78, 5) is 7.40. The lowest BCUT2D eigenvalue weighted by Crippen LogP contribution is -2.19. The van der Waals surface area contributed by atoms with Crippen molar-refractivity contribution < 1.29 is 0 Å². The van der Waals surface area contributed by atoms with E-state index in [9.17, 15) is 0 Å². The SMILES string of the molecule is Cc1cc(-c2cnn(CC3(C)CCCC3)c2)c(-c2ccc3c(c2)CN(C)C3)nc1C. The predicted molar refractivity (Wildman–Crippen MR) is 122 cm³/mol. The van der Waals surface area contributed by atoms with Crippen LogP contribution in [0.2, 0.25) is 0 Å². The van der Waals surface area contributed by atoms with Gasteiger partial charge in [0.2, 0.25) is 0 Å². The van der Waals surface area contributed by atoms with Crippen molar-refractivity contribution >= 4 is 0 Å². The van der Waals surface area contributed by atoms with E-state index in [2.05, 4.69) is 67.9 Å².